The first-order valence-corrected chi connectivity index (χ1v) is 6.44. The molecule has 0 aliphatic rings. The van der Waals surface area contributed by atoms with Crippen LogP contribution in [0, 0.1) is 0 Å². The van der Waals surface area contributed by atoms with Crippen molar-refractivity contribution in [1.29, 1.82) is 0 Å². The van der Waals surface area contributed by atoms with E-state index in [1.807, 2.05) is 0 Å². The fourth-order valence-corrected chi connectivity index (χ4v) is 2.33. The number of hydrogen-bond acceptors (Lipinski definition) is 4. The number of hydrogen-bond donors (Lipinski definition) is 1. The van der Waals surface area contributed by atoms with Crippen molar-refractivity contribution in [3.05, 3.63) is 44.2 Å². The Bertz CT molecular complexity index is 625. The Kier molecular flexibility index (Phi) is 4.00. The number of nitrogens with one attached hydrogen (secondary N) is 1. The molecule has 1 amide bonds. The van der Waals surface area contributed by atoms with E-state index in [1.54, 1.807) is 11.6 Å². The van der Waals surface area contributed by atoms with Gasteiger partial charge >= 0.3 is 0 Å². The maximum atomic E-state index is 11.7. The van der Waals surface area contributed by atoms with Crippen molar-refractivity contribution in [2.24, 2.45) is 0 Å². The quantitative estimate of drug-likeness (QED) is 0.946. The second-order valence-electron chi connectivity index (χ2n) is 3.32. The SMILES string of the molecule is O=C(Cn1cc(Cl)cc(Cl)c1=O)Nc1nccs1. The molecule has 18 heavy (non-hydrogen) atoms. The minimum Gasteiger partial charge on any atom is -0.303 e. The minimum absolute atomic E-state index is 0.0236. The Hall–Kier alpha value is -1.37. The van der Waals surface area contributed by atoms with Gasteiger partial charge in [-0.15, -0.1) is 11.3 Å². The van der Waals surface area contributed by atoms with Crippen LogP contribution in [0.15, 0.2) is 28.6 Å². The highest BCUT2D eigenvalue weighted by molar-refractivity contribution is 7.13. The molecule has 0 radical (unpaired) electrons. The highest BCUT2D eigenvalue weighted by Crippen LogP contribution is 2.12. The van der Waals surface area contributed by atoms with Crippen molar-refractivity contribution in [3.63, 3.8) is 0 Å². The summed E-state index contributed by atoms with van der Waals surface area (Å²) in [7, 11) is 0. The maximum absolute atomic E-state index is 11.7. The molecule has 0 aromatic carbocycles. The summed E-state index contributed by atoms with van der Waals surface area (Å²) in [6.07, 6.45) is 2.93. The third-order valence-corrected chi connectivity index (χ3v) is 3.17. The van der Waals surface area contributed by atoms with E-state index >= 15 is 0 Å². The average molecular weight is 304 g/mol. The zero-order valence-electron chi connectivity index (χ0n) is 8.89. The van der Waals surface area contributed by atoms with E-state index in [1.165, 1.54) is 23.6 Å². The van der Waals surface area contributed by atoms with Crippen LogP contribution >= 0.6 is 34.5 Å². The van der Waals surface area contributed by atoms with E-state index in [-0.39, 0.29) is 17.5 Å². The summed E-state index contributed by atoms with van der Waals surface area (Å²) in [4.78, 5) is 27.2. The van der Waals surface area contributed by atoms with Gasteiger partial charge in [0.1, 0.15) is 11.6 Å². The molecule has 0 fully saturated rings. The molecule has 8 heteroatoms. The van der Waals surface area contributed by atoms with Crippen molar-refractivity contribution in [1.82, 2.24) is 9.55 Å². The van der Waals surface area contributed by atoms with E-state index in [0.717, 1.165) is 4.57 Å². The molecule has 0 aliphatic carbocycles. The number of carbonyl (C=O) groups excluding carboxylic acids is 1. The normalized spacial score (nSPS) is 10.3. The maximum Gasteiger partial charge on any atom is 0.269 e. The van der Waals surface area contributed by atoms with Crippen LogP contribution in [-0.2, 0) is 11.3 Å². The first-order chi connectivity index (χ1) is 8.56. The second-order valence-corrected chi connectivity index (χ2v) is 5.06. The molecule has 0 saturated carbocycles. The summed E-state index contributed by atoms with van der Waals surface area (Å²) in [5.41, 5.74) is -0.463. The zero-order chi connectivity index (χ0) is 13.1. The van der Waals surface area contributed by atoms with Crippen LogP contribution in [0.25, 0.3) is 0 Å². The van der Waals surface area contributed by atoms with Gasteiger partial charge in [0.05, 0.1) is 5.02 Å². The highest BCUT2D eigenvalue weighted by atomic mass is 35.5. The Morgan fingerprint density at radius 3 is 2.94 bits per heavy atom. The van der Waals surface area contributed by atoms with E-state index in [2.05, 4.69) is 10.3 Å². The number of aromatic nitrogens is 2. The standard InChI is InChI=1S/C10H7Cl2N3O2S/c11-6-3-7(12)9(17)15(4-6)5-8(16)14-10-13-1-2-18-10/h1-4H,5H2,(H,13,14,16). The first-order valence-electron chi connectivity index (χ1n) is 4.81. The van der Waals surface area contributed by atoms with Gasteiger partial charge in [0.25, 0.3) is 5.56 Å². The summed E-state index contributed by atoms with van der Waals surface area (Å²) >= 11 is 12.7. The Morgan fingerprint density at radius 2 is 2.28 bits per heavy atom. The first kappa shape index (κ1) is 13.1. The lowest BCUT2D eigenvalue weighted by atomic mass is 10.4. The molecule has 0 aliphatic heterocycles. The predicted octanol–water partition coefficient (Wildman–Crippen LogP) is 2.25. The molecule has 0 spiro atoms. The lowest BCUT2D eigenvalue weighted by Gasteiger charge is -2.06. The highest BCUT2D eigenvalue weighted by Gasteiger charge is 2.09. The molecule has 0 atom stereocenters. The smallest absolute Gasteiger partial charge is 0.269 e. The van der Waals surface area contributed by atoms with Gasteiger partial charge in [-0.3, -0.25) is 9.59 Å². The lowest BCUT2D eigenvalue weighted by molar-refractivity contribution is -0.116. The number of rotatable bonds is 3. The Labute approximate surface area is 116 Å². The number of amides is 1. The van der Waals surface area contributed by atoms with Gasteiger partial charge in [-0.2, -0.15) is 0 Å². The summed E-state index contributed by atoms with van der Waals surface area (Å²) < 4.78 is 1.15. The third-order valence-electron chi connectivity index (χ3n) is 2.00. The van der Waals surface area contributed by atoms with Crippen LogP contribution in [0.4, 0.5) is 5.13 Å². The van der Waals surface area contributed by atoms with Crippen molar-refractivity contribution in [2.75, 3.05) is 5.32 Å². The summed E-state index contributed by atoms with van der Waals surface area (Å²) in [6.45, 7) is -0.168. The van der Waals surface area contributed by atoms with E-state index in [4.69, 9.17) is 23.2 Å². The van der Waals surface area contributed by atoms with Gasteiger partial charge in [0.15, 0.2) is 5.13 Å². The van der Waals surface area contributed by atoms with Crippen LogP contribution in [0.1, 0.15) is 0 Å². The minimum atomic E-state index is -0.463. The van der Waals surface area contributed by atoms with Crippen molar-refractivity contribution < 1.29 is 4.79 Å². The zero-order valence-corrected chi connectivity index (χ0v) is 11.2. The van der Waals surface area contributed by atoms with Gasteiger partial charge < -0.3 is 9.88 Å². The average Bonchev–Trinajstić information content (AvgIpc) is 2.77. The molecule has 2 aromatic heterocycles. The van der Waals surface area contributed by atoms with Crippen molar-refractivity contribution in [2.45, 2.75) is 6.54 Å². The predicted molar refractivity (Wildman–Crippen MR) is 71.5 cm³/mol. The summed E-state index contributed by atoms with van der Waals surface area (Å²) in [6, 6.07) is 1.33. The fourth-order valence-electron chi connectivity index (χ4n) is 1.28. The van der Waals surface area contributed by atoms with E-state index < -0.39 is 5.56 Å². The second kappa shape index (κ2) is 5.51. The monoisotopic (exact) mass is 303 g/mol. The molecule has 2 aromatic rings. The van der Waals surface area contributed by atoms with E-state index in [0.29, 0.717) is 10.2 Å². The molecule has 94 valence electrons. The van der Waals surface area contributed by atoms with Crippen LogP contribution in [-0.4, -0.2) is 15.5 Å². The third kappa shape index (κ3) is 3.10. The van der Waals surface area contributed by atoms with Crippen LogP contribution in [0.3, 0.4) is 0 Å². The molecule has 0 saturated heterocycles. The number of nitrogens with zero attached hydrogens (tertiary/aromatic N) is 2. The molecular formula is C10H7Cl2N3O2S. The van der Waals surface area contributed by atoms with Crippen molar-refractivity contribution >= 4 is 45.6 Å². The Morgan fingerprint density at radius 1 is 1.50 bits per heavy atom. The molecule has 2 heterocycles. The Balaban J connectivity index is 2.14. The number of thiazole rings is 1. The molecule has 0 unspecified atom stereocenters. The number of anilines is 1. The van der Waals surface area contributed by atoms with Gasteiger partial charge in [-0.25, -0.2) is 4.98 Å². The summed E-state index contributed by atoms with van der Waals surface area (Å²) in [5, 5.41) is 5.04. The number of pyridine rings is 1. The van der Waals surface area contributed by atoms with Crippen LogP contribution in [0.5, 0.6) is 0 Å². The van der Waals surface area contributed by atoms with E-state index in [9.17, 15) is 9.59 Å². The molecule has 0 bridgehead atoms. The molecule has 2 rings (SSSR count). The van der Waals surface area contributed by atoms with Crippen LogP contribution in [0.2, 0.25) is 10.0 Å². The van der Waals surface area contributed by atoms with Gasteiger partial charge in [-0.05, 0) is 6.07 Å². The van der Waals surface area contributed by atoms with Crippen molar-refractivity contribution in [3.8, 4) is 0 Å². The van der Waals surface area contributed by atoms with Gasteiger partial charge in [0, 0.05) is 17.8 Å². The topological polar surface area (TPSA) is 64.0 Å². The van der Waals surface area contributed by atoms with Crippen LogP contribution < -0.4 is 10.9 Å². The fraction of sp³-hybridized carbons (Fsp3) is 0.100. The number of halogens is 2. The van der Waals surface area contributed by atoms with Gasteiger partial charge in [0.2, 0.25) is 5.91 Å². The van der Waals surface area contributed by atoms with Gasteiger partial charge in [-0.1, -0.05) is 23.2 Å². The lowest BCUT2D eigenvalue weighted by Crippen LogP contribution is -2.27. The number of carbonyl (C=O) groups is 1. The summed E-state index contributed by atoms with van der Waals surface area (Å²) in [5.74, 6) is -0.370. The molecule has 5 nitrogen and oxygen atoms in total. The molecular weight excluding hydrogens is 297 g/mol. The molecule has 1 N–H and O–H groups in total. The largest absolute Gasteiger partial charge is 0.303 e.